The summed E-state index contributed by atoms with van der Waals surface area (Å²) in [5.74, 6) is -1.24. The lowest BCUT2D eigenvalue weighted by molar-refractivity contribution is -0.234. The molecule has 0 aromatic heterocycles. The number of esters is 1. The Balaban J connectivity index is 1.44. The molecule has 11 atom stereocenters. The van der Waals surface area contributed by atoms with Crippen LogP contribution in [0.4, 0.5) is 0 Å². The second-order valence-corrected chi connectivity index (χ2v) is 16.0. The first-order chi connectivity index (χ1) is 20.4. The molecular weight excluding hydrogens is 542 g/mol. The molecule has 6 rings (SSSR count). The van der Waals surface area contributed by atoms with Crippen LogP contribution in [0.2, 0.25) is 0 Å². The standard InChI is InChI=1S/C36H55NO6/c1-20(38)43-29-18-36(4)26(31(29)30(33(41)42)23-11-7-10-22(16-23)21-8-5-6-9-21)17-28(40)32-34(2)14-13-27(39)24(19-37)25(34)12-15-35(32,36)3/h23-29,32,39-40H,5-19,37H2,1-4H3,(H,41,42)/b31-30-/t23?,24-,25-,26-,27+,28+,29-,32-,34-,35-,36-/m0/s1. The molecule has 0 aromatic carbocycles. The molecule has 240 valence electrons. The van der Waals surface area contributed by atoms with Crippen LogP contribution in [-0.4, -0.2) is 52.1 Å². The summed E-state index contributed by atoms with van der Waals surface area (Å²) in [6, 6.07) is 0. The van der Waals surface area contributed by atoms with E-state index >= 15 is 0 Å². The highest BCUT2D eigenvalue weighted by molar-refractivity contribution is 5.89. The smallest absolute Gasteiger partial charge is 0.331 e. The van der Waals surface area contributed by atoms with Crippen LogP contribution in [0.3, 0.4) is 0 Å². The molecule has 7 heteroatoms. The first-order valence-electron chi connectivity index (χ1n) is 17.3. The van der Waals surface area contributed by atoms with E-state index in [1.54, 1.807) is 5.57 Å². The van der Waals surface area contributed by atoms with Gasteiger partial charge in [-0.15, -0.1) is 0 Å². The zero-order valence-electron chi connectivity index (χ0n) is 26.9. The quantitative estimate of drug-likeness (QED) is 0.180. The Kier molecular flexibility index (Phi) is 8.20. The number of rotatable bonds is 4. The van der Waals surface area contributed by atoms with Crippen molar-refractivity contribution in [2.24, 2.45) is 51.6 Å². The lowest BCUT2D eigenvalue weighted by atomic mass is 9.36. The summed E-state index contributed by atoms with van der Waals surface area (Å²) in [5, 5.41) is 33.9. The zero-order valence-corrected chi connectivity index (χ0v) is 26.9. The molecule has 5 N–H and O–H groups in total. The van der Waals surface area contributed by atoms with Gasteiger partial charge in [0.1, 0.15) is 6.10 Å². The van der Waals surface area contributed by atoms with Crippen molar-refractivity contribution in [3.05, 3.63) is 22.3 Å². The average Bonchev–Trinajstić information content (AvgIpc) is 3.57. The molecule has 0 saturated heterocycles. The van der Waals surface area contributed by atoms with Gasteiger partial charge < -0.3 is 25.8 Å². The summed E-state index contributed by atoms with van der Waals surface area (Å²) in [6.07, 6.45) is 11.3. The fourth-order valence-corrected chi connectivity index (χ4v) is 12.3. The third-order valence-corrected chi connectivity index (χ3v) is 14.2. The number of carboxylic acids is 1. The van der Waals surface area contributed by atoms with E-state index in [0.29, 0.717) is 31.4 Å². The summed E-state index contributed by atoms with van der Waals surface area (Å²) < 4.78 is 6.07. The predicted octanol–water partition coefficient (Wildman–Crippen LogP) is 5.92. The molecule has 0 heterocycles. The van der Waals surface area contributed by atoms with Gasteiger partial charge in [0.15, 0.2) is 0 Å². The van der Waals surface area contributed by atoms with E-state index in [0.717, 1.165) is 63.4 Å². The van der Waals surface area contributed by atoms with E-state index < -0.39 is 24.3 Å². The van der Waals surface area contributed by atoms with Crippen LogP contribution in [-0.2, 0) is 14.3 Å². The zero-order chi connectivity index (χ0) is 30.9. The molecule has 7 nitrogen and oxygen atoms in total. The molecule has 6 aliphatic rings. The number of carboxylic acid groups (broad SMARTS) is 1. The molecule has 0 spiro atoms. The molecule has 6 aliphatic carbocycles. The maximum Gasteiger partial charge on any atom is 0.331 e. The minimum atomic E-state index is -0.886. The van der Waals surface area contributed by atoms with Crippen LogP contribution < -0.4 is 5.73 Å². The third-order valence-electron chi connectivity index (χ3n) is 14.2. The number of aliphatic carboxylic acids is 1. The molecule has 0 aliphatic heterocycles. The summed E-state index contributed by atoms with van der Waals surface area (Å²) in [6.45, 7) is 8.82. The number of aliphatic hydroxyl groups is 2. The van der Waals surface area contributed by atoms with Crippen LogP contribution in [0.1, 0.15) is 118 Å². The number of aliphatic hydroxyl groups excluding tert-OH is 2. The Labute approximate surface area is 257 Å². The van der Waals surface area contributed by atoms with Crippen LogP contribution >= 0.6 is 0 Å². The second-order valence-electron chi connectivity index (χ2n) is 16.0. The largest absolute Gasteiger partial charge is 0.478 e. The van der Waals surface area contributed by atoms with Crippen molar-refractivity contribution >= 4 is 11.9 Å². The molecule has 0 radical (unpaired) electrons. The molecule has 6 fully saturated rings. The molecule has 0 bridgehead atoms. The summed E-state index contributed by atoms with van der Waals surface area (Å²) in [7, 11) is 0. The first kappa shape index (κ1) is 31.3. The molecule has 1 unspecified atom stereocenters. The van der Waals surface area contributed by atoms with E-state index in [2.05, 4.69) is 20.8 Å². The number of nitrogens with two attached hydrogens (primary N) is 1. The monoisotopic (exact) mass is 597 g/mol. The van der Waals surface area contributed by atoms with Crippen molar-refractivity contribution in [3.63, 3.8) is 0 Å². The van der Waals surface area contributed by atoms with Gasteiger partial charge in [-0.3, -0.25) is 4.79 Å². The van der Waals surface area contributed by atoms with Gasteiger partial charge in [-0.05, 0) is 142 Å². The van der Waals surface area contributed by atoms with Crippen molar-refractivity contribution in [1.82, 2.24) is 0 Å². The SMILES string of the molecule is CC(=O)O[C@H]1C[C@@]2(C)[C@@H](C[C@@H](O)[C@H]3[C@@]4(C)CC[C@@H](O)[C@@H](CN)[C@@H]4CC[C@@]32C)/C1=C(/C(=O)O)C1CCCC(=C2CCCC2)C1. The van der Waals surface area contributed by atoms with Gasteiger partial charge in [0, 0.05) is 18.4 Å². The van der Waals surface area contributed by atoms with Gasteiger partial charge in [0.25, 0.3) is 0 Å². The van der Waals surface area contributed by atoms with E-state index in [9.17, 15) is 24.9 Å². The fraction of sp³-hybridized carbons (Fsp3) is 0.833. The Morgan fingerprint density at radius 2 is 1.63 bits per heavy atom. The molecule has 6 saturated carbocycles. The molecular formula is C36H55NO6. The topological polar surface area (TPSA) is 130 Å². The number of hydrogen-bond acceptors (Lipinski definition) is 6. The van der Waals surface area contributed by atoms with Crippen LogP contribution in [0.15, 0.2) is 22.3 Å². The number of ether oxygens (including phenoxy) is 1. The van der Waals surface area contributed by atoms with E-state index in [-0.39, 0.29) is 51.8 Å². The summed E-state index contributed by atoms with van der Waals surface area (Å²) in [4.78, 5) is 25.8. The first-order valence-corrected chi connectivity index (χ1v) is 17.3. The Hall–Kier alpha value is -1.70. The summed E-state index contributed by atoms with van der Waals surface area (Å²) >= 11 is 0. The van der Waals surface area contributed by atoms with Crippen molar-refractivity contribution in [2.45, 2.75) is 136 Å². The van der Waals surface area contributed by atoms with Crippen molar-refractivity contribution in [1.29, 1.82) is 0 Å². The Morgan fingerprint density at radius 3 is 2.28 bits per heavy atom. The van der Waals surface area contributed by atoms with Gasteiger partial charge in [0.05, 0.1) is 12.2 Å². The fourth-order valence-electron chi connectivity index (χ4n) is 12.3. The van der Waals surface area contributed by atoms with Gasteiger partial charge in [-0.1, -0.05) is 31.9 Å². The van der Waals surface area contributed by atoms with E-state index in [1.165, 1.54) is 25.3 Å². The Bertz CT molecular complexity index is 1200. The Morgan fingerprint density at radius 1 is 0.930 bits per heavy atom. The van der Waals surface area contributed by atoms with Crippen molar-refractivity contribution in [2.75, 3.05) is 6.54 Å². The summed E-state index contributed by atoms with van der Waals surface area (Å²) in [5.41, 5.74) is 9.72. The van der Waals surface area contributed by atoms with Crippen LogP contribution in [0.25, 0.3) is 0 Å². The lowest BCUT2D eigenvalue weighted by Crippen LogP contribution is -2.66. The highest BCUT2D eigenvalue weighted by Crippen LogP contribution is 2.74. The highest BCUT2D eigenvalue weighted by atomic mass is 16.5. The van der Waals surface area contributed by atoms with E-state index in [1.807, 2.05) is 0 Å². The minimum Gasteiger partial charge on any atom is -0.478 e. The number of hydrogen-bond donors (Lipinski definition) is 4. The predicted molar refractivity (Wildman–Crippen MR) is 165 cm³/mol. The second kappa shape index (κ2) is 11.3. The van der Waals surface area contributed by atoms with Gasteiger partial charge >= 0.3 is 11.9 Å². The maximum atomic E-state index is 13.3. The molecule has 0 amide bonds. The third kappa shape index (κ3) is 4.77. The van der Waals surface area contributed by atoms with E-state index in [4.69, 9.17) is 10.5 Å². The number of carbonyl (C=O) groups is 2. The van der Waals surface area contributed by atoms with Crippen molar-refractivity contribution in [3.8, 4) is 0 Å². The van der Waals surface area contributed by atoms with Gasteiger partial charge in [-0.25, -0.2) is 4.79 Å². The average molecular weight is 598 g/mol. The van der Waals surface area contributed by atoms with Crippen LogP contribution in [0.5, 0.6) is 0 Å². The number of fused-ring (bicyclic) bond motifs is 5. The van der Waals surface area contributed by atoms with Gasteiger partial charge in [-0.2, -0.15) is 0 Å². The lowest BCUT2D eigenvalue weighted by Gasteiger charge is -2.69. The number of allylic oxidation sites excluding steroid dienone is 2. The normalized spacial score (nSPS) is 47.4. The maximum absolute atomic E-state index is 13.3. The highest BCUT2D eigenvalue weighted by Gasteiger charge is 2.71. The molecule has 43 heavy (non-hydrogen) atoms. The number of carbonyl (C=O) groups excluding carboxylic acids is 1. The van der Waals surface area contributed by atoms with Gasteiger partial charge in [0.2, 0.25) is 0 Å². The van der Waals surface area contributed by atoms with Crippen LogP contribution in [0, 0.1) is 45.8 Å². The minimum absolute atomic E-state index is 0.000499. The van der Waals surface area contributed by atoms with Crippen molar-refractivity contribution < 1.29 is 29.6 Å². The molecule has 0 aromatic rings.